The fourth-order valence-electron chi connectivity index (χ4n) is 6.66. The largest absolute Gasteiger partial charge is 0.265 e. The zero-order chi connectivity index (χ0) is 28.4. The SMILES string of the molecule is CC(C)(C)c1cc2ccc3c(-c4ccc(-c5ccncc5)cc4)cc(-c4cccc5ccccc45)c4ccc(c1)c2c34. The van der Waals surface area contributed by atoms with Gasteiger partial charge in [0.1, 0.15) is 0 Å². The van der Waals surface area contributed by atoms with Crippen molar-refractivity contribution in [2.45, 2.75) is 26.2 Å². The zero-order valence-corrected chi connectivity index (χ0v) is 24.1. The second-order valence-corrected chi connectivity index (χ2v) is 12.5. The van der Waals surface area contributed by atoms with Crippen LogP contribution in [0.3, 0.4) is 0 Å². The second-order valence-electron chi connectivity index (χ2n) is 12.5. The van der Waals surface area contributed by atoms with E-state index in [1.165, 1.54) is 82.0 Å². The maximum absolute atomic E-state index is 4.19. The van der Waals surface area contributed by atoms with Crippen molar-refractivity contribution in [2.24, 2.45) is 0 Å². The fourth-order valence-corrected chi connectivity index (χ4v) is 6.66. The van der Waals surface area contributed by atoms with Crippen molar-refractivity contribution in [3.05, 3.63) is 139 Å². The molecule has 0 saturated carbocycles. The lowest BCUT2D eigenvalue weighted by Crippen LogP contribution is -2.10. The average Bonchev–Trinajstić information content (AvgIpc) is 3.03. The number of rotatable bonds is 3. The van der Waals surface area contributed by atoms with Crippen LogP contribution < -0.4 is 0 Å². The van der Waals surface area contributed by atoms with Crippen molar-refractivity contribution in [3.8, 4) is 33.4 Å². The standard InChI is InChI=1S/C41H31N/c1-41(2,3)32-23-30-15-17-35-37(29-13-11-26(12-14-29)27-19-21-42-22-20-27)25-38(36-18-16-31(24-32)39(30)40(35)36)34-10-6-8-28-7-4-5-9-33(28)34/h4-25H,1-3H3. The lowest BCUT2D eigenvalue weighted by molar-refractivity contribution is 0.591. The van der Waals surface area contributed by atoms with Crippen LogP contribution in [0, 0.1) is 0 Å². The van der Waals surface area contributed by atoms with Gasteiger partial charge >= 0.3 is 0 Å². The minimum Gasteiger partial charge on any atom is -0.265 e. The van der Waals surface area contributed by atoms with Crippen molar-refractivity contribution in [1.29, 1.82) is 0 Å². The van der Waals surface area contributed by atoms with Crippen molar-refractivity contribution in [1.82, 2.24) is 4.98 Å². The summed E-state index contributed by atoms with van der Waals surface area (Å²) in [5.74, 6) is 0. The molecule has 0 bridgehead atoms. The van der Waals surface area contributed by atoms with Crippen molar-refractivity contribution in [2.75, 3.05) is 0 Å². The Morgan fingerprint density at radius 1 is 0.429 bits per heavy atom. The highest BCUT2D eigenvalue weighted by Gasteiger charge is 2.20. The summed E-state index contributed by atoms with van der Waals surface area (Å²) >= 11 is 0. The fraction of sp³-hybridized carbons (Fsp3) is 0.0976. The molecule has 0 N–H and O–H groups in total. The predicted molar refractivity (Wildman–Crippen MR) is 180 cm³/mol. The normalized spacial score (nSPS) is 12.2. The monoisotopic (exact) mass is 537 g/mol. The van der Waals surface area contributed by atoms with E-state index in [4.69, 9.17) is 0 Å². The first-order chi connectivity index (χ1) is 20.5. The summed E-state index contributed by atoms with van der Waals surface area (Å²) in [7, 11) is 0. The van der Waals surface area contributed by atoms with Gasteiger partial charge in [0.2, 0.25) is 0 Å². The van der Waals surface area contributed by atoms with Gasteiger partial charge in [0.15, 0.2) is 0 Å². The van der Waals surface area contributed by atoms with Gasteiger partial charge < -0.3 is 0 Å². The highest BCUT2D eigenvalue weighted by Crippen LogP contribution is 2.46. The van der Waals surface area contributed by atoms with Crippen molar-refractivity contribution in [3.63, 3.8) is 0 Å². The van der Waals surface area contributed by atoms with Gasteiger partial charge in [-0.1, -0.05) is 124 Å². The molecule has 1 aromatic heterocycles. The third-order valence-corrected chi connectivity index (χ3v) is 8.87. The molecule has 0 atom stereocenters. The van der Waals surface area contributed by atoms with E-state index in [-0.39, 0.29) is 5.41 Å². The van der Waals surface area contributed by atoms with Crippen molar-refractivity contribution >= 4 is 43.1 Å². The molecule has 200 valence electrons. The Morgan fingerprint density at radius 3 is 1.76 bits per heavy atom. The molecule has 0 saturated heterocycles. The number of nitrogens with zero attached hydrogens (tertiary/aromatic N) is 1. The summed E-state index contributed by atoms with van der Waals surface area (Å²) in [4.78, 5) is 4.19. The Morgan fingerprint density at radius 2 is 1.05 bits per heavy atom. The molecular formula is C41H31N. The van der Waals surface area contributed by atoms with E-state index in [9.17, 15) is 0 Å². The van der Waals surface area contributed by atoms with Crippen molar-refractivity contribution < 1.29 is 0 Å². The molecule has 0 aliphatic heterocycles. The molecule has 0 amide bonds. The van der Waals surface area contributed by atoms with E-state index in [0.717, 1.165) is 0 Å². The van der Waals surface area contributed by atoms with E-state index >= 15 is 0 Å². The number of fused-ring (bicyclic) bond motifs is 1. The van der Waals surface area contributed by atoms with Gasteiger partial charge in [-0.05, 0) is 106 Å². The molecule has 1 heterocycles. The molecule has 0 unspecified atom stereocenters. The summed E-state index contributed by atoms with van der Waals surface area (Å²) in [6.07, 6.45) is 3.71. The Bertz CT molecular complexity index is 2230. The Hall–Kier alpha value is -5.01. The summed E-state index contributed by atoms with van der Waals surface area (Å²) < 4.78 is 0. The van der Waals surface area contributed by atoms with Gasteiger partial charge in [-0.15, -0.1) is 0 Å². The lowest BCUT2D eigenvalue weighted by atomic mass is 9.81. The molecular weight excluding hydrogens is 506 g/mol. The van der Waals surface area contributed by atoms with Crippen LogP contribution in [0.15, 0.2) is 134 Å². The van der Waals surface area contributed by atoms with Crippen LogP contribution in [0.2, 0.25) is 0 Å². The minimum atomic E-state index is 0.0836. The van der Waals surface area contributed by atoms with E-state index in [0.29, 0.717) is 0 Å². The molecule has 8 rings (SSSR count). The smallest absolute Gasteiger partial charge is 0.0273 e. The molecule has 1 heteroatoms. The van der Waals surface area contributed by atoms with Gasteiger partial charge in [-0.3, -0.25) is 4.98 Å². The van der Waals surface area contributed by atoms with E-state index in [2.05, 4.69) is 147 Å². The maximum Gasteiger partial charge on any atom is 0.0273 e. The van der Waals surface area contributed by atoms with Gasteiger partial charge in [0, 0.05) is 12.4 Å². The molecule has 0 aliphatic carbocycles. The number of aromatic nitrogens is 1. The Labute approximate surface area is 246 Å². The van der Waals surface area contributed by atoms with Gasteiger partial charge in [-0.2, -0.15) is 0 Å². The van der Waals surface area contributed by atoms with Crippen LogP contribution in [-0.4, -0.2) is 4.98 Å². The first-order valence-corrected chi connectivity index (χ1v) is 14.7. The predicted octanol–water partition coefficient (Wildman–Crippen LogP) is 11.4. The molecule has 0 radical (unpaired) electrons. The van der Waals surface area contributed by atoms with Crippen LogP contribution in [-0.2, 0) is 5.41 Å². The highest BCUT2D eigenvalue weighted by atomic mass is 14.6. The third kappa shape index (κ3) is 3.89. The number of pyridine rings is 1. The van der Waals surface area contributed by atoms with Crippen LogP contribution >= 0.6 is 0 Å². The summed E-state index contributed by atoms with van der Waals surface area (Å²) in [5.41, 5.74) is 8.87. The van der Waals surface area contributed by atoms with Gasteiger partial charge in [0.05, 0.1) is 0 Å². The Balaban J connectivity index is 1.46. The quantitative estimate of drug-likeness (QED) is 0.204. The topological polar surface area (TPSA) is 12.9 Å². The first kappa shape index (κ1) is 24.8. The summed E-state index contributed by atoms with van der Waals surface area (Å²) in [6, 6.07) is 45.1. The van der Waals surface area contributed by atoms with E-state index in [1.807, 2.05) is 12.4 Å². The molecule has 42 heavy (non-hydrogen) atoms. The minimum absolute atomic E-state index is 0.0836. The summed E-state index contributed by atoms with van der Waals surface area (Å²) in [6.45, 7) is 6.89. The molecule has 1 nitrogen and oxygen atoms in total. The Kier molecular flexibility index (Phi) is 5.46. The van der Waals surface area contributed by atoms with Crippen LogP contribution in [0.1, 0.15) is 26.3 Å². The number of hydrogen-bond acceptors (Lipinski definition) is 1. The lowest BCUT2D eigenvalue weighted by Gasteiger charge is -2.23. The average molecular weight is 538 g/mol. The molecule has 0 fully saturated rings. The van der Waals surface area contributed by atoms with Crippen LogP contribution in [0.5, 0.6) is 0 Å². The van der Waals surface area contributed by atoms with Gasteiger partial charge in [0.25, 0.3) is 0 Å². The highest BCUT2D eigenvalue weighted by molar-refractivity contribution is 6.29. The third-order valence-electron chi connectivity index (χ3n) is 8.87. The maximum atomic E-state index is 4.19. The number of benzene rings is 7. The molecule has 0 spiro atoms. The van der Waals surface area contributed by atoms with Crippen LogP contribution in [0.4, 0.5) is 0 Å². The second kappa shape index (κ2) is 9.26. The molecule has 0 aliphatic rings. The van der Waals surface area contributed by atoms with E-state index < -0.39 is 0 Å². The van der Waals surface area contributed by atoms with E-state index in [1.54, 1.807) is 0 Å². The first-order valence-electron chi connectivity index (χ1n) is 14.7. The number of hydrogen-bond donors (Lipinski definition) is 0. The molecule has 7 aromatic carbocycles. The zero-order valence-electron chi connectivity index (χ0n) is 24.1. The van der Waals surface area contributed by atoms with Crippen LogP contribution in [0.25, 0.3) is 76.5 Å². The molecule has 8 aromatic rings. The summed E-state index contributed by atoms with van der Waals surface area (Å²) in [5, 5.41) is 10.5. The van der Waals surface area contributed by atoms with Gasteiger partial charge in [-0.25, -0.2) is 0 Å².